The zero-order chi connectivity index (χ0) is 14.3. The number of hydrogen-bond donors (Lipinski definition) is 0. The van der Waals surface area contributed by atoms with E-state index in [2.05, 4.69) is 53.6 Å². The number of fused-ring (bicyclic) bond motifs is 1. The van der Waals surface area contributed by atoms with Crippen LogP contribution in [-0.4, -0.2) is 21.6 Å². The highest BCUT2D eigenvalue weighted by molar-refractivity contribution is 9.10. The first-order valence-electron chi connectivity index (χ1n) is 6.34. The summed E-state index contributed by atoms with van der Waals surface area (Å²) in [7, 11) is 4.04. The molecule has 4 nitrogen and oxygen atoms in total. The predicted molar refractivity (Wildman–Crippen MR) is 85.5 cm³/mol. The number of halogens is 1. The van der Waals surface area contributed by atoms with Gasteiger partial charge in [-0.1, -0.05) is 0 Å². The van der Waals surface area contributed by atoms with E-state index in [1.165, 1.54) is 0 Å². The van der Waals surface area contributed by atoms with Crippen LogP contribution in [-0.2, 0) is 7.05 Å². The van der Waals surface area contributed by atoms with Crippen molar-refractivity contribution in [1.82, 2.24) is 14.5 Å². The first-order chi connectivity index (χ1) is 9.56. The van der Waals surface area contributed by atoms with E-state index in [4.69, 9.17) is 0 Å². The summed E-state index contributed by atoms with van der Waals surface area (Å²) in [5.74, 6) is 1.92. The summed E-state index contributed by atoms with van der Waals surface area (Å²) in [5.41, 5.74) is 3.22. The van der Waals surface area contributed by atoms with Crippen molar-refractivity contribution in [3.05, 3.63) is 46.8 Å². The van der Waals surface area contributed by atoms with E-state index < -0.39 is 0 Å². The van der Waals surface area contributed by atoms with Crippen molar-refractivity contribution in [2.75, 3.05) is 11.9 Å². The lowest BCUT2D eigenvalue weighted by Crippen LogP contribution is -2.10. The van der Waals surface area contributed by atoms with Crippen LogP contribution in [0.1, 0.15) is 5.82 Å². The fraction of sp³-hybridized carbons (Fsp3) is 0.200. The highest BCUT2D eigenvalue weighted by Gasteiger charge is 2.09. The minimum atomic E-state index is 0.903. The normalized spacial score (nSPS) is 11.0. The lowest BCUT2D eigenvalue weighted by molar-refractivity contribution is 0.886. The molecule has 0 N–H and O–H groups in total. The maximum atomic E-state index is 4.57. The standard InChI is InChI=1S/C15H15BrN4/c1-10-18-13-8-12(5-6-14(13)19(10)2)20(3)15-7-4-11(16)9-17-15/h4-9H,1-3H3. The van der Waals surface area contributed by atoms with Crippen LogP contribution in [0, 0.1) is 6.92 Å². The van der Waals surface area contributed by atoms with E-state index in [0.29, 0.717) is 0 Å². The molecule has 0 amide bonds. The number of aromatic nitrogens is 3. The molecule has 0 spiro atoms. The third-order valence-electron chi connectivity index (χ3n) is 3.53. The molecule has 2 heterocycles. The molecule has 0 radical (unpaired) electrons. The zero-order valence-electron chi connectivity index (χ0n) is 11.6. The molecular formula is C15H15BrN4. The molecule has 20 heavy (non-hydrogen) atoms. The molecule has 0 unspecified atom stereocenters. The summed E-state index contributed by atoms with van der Waals surface area (Å²) in [4.78, 5) is 11.0. The molecule has 102 valence electrons. The van der Waals surface area contributed by atoms with Crippen molar-refractivity contribution in [1.29, 1.82) is 0 Å². The third-order valence-corrected chi connectivity index (χ3v) is 4.00. The van der Waals surface area contributed by atoms with Gasteiger partial charge in [-0.3, -0.25) is 0 Å². The second-order valence-corrected chi connectivity index (χ2v) is 5.70. The highest BCUT2D eigenvalue weighted by atomic mass is 79.9. The van der Waals surface area contributed by atoms with Gasteiger partial charge < -0.3 is 9.47 Å². The number of anilines is 2. The molecule has 0 aliphatic carbocycles. The summed E-state index contributed by atoms with van der Waals surface area (Å²) < 4.78 is 3.07. The van der Waals surface area contributed by atoms with Gasteiger partial charge in [0.15, 0.2) is 0 Å². The van der Waals surface area contributed by atoms with Gasteiger partial charge in [-0.05, 0) is 53.2 Å². The topological polar surface area (TPSA) is 34.0 Å². The Morgan fingerprint density at radius 2 is 2.00 bits per heavy atom. The molecule has 0 fully saturated rings. The smallest absolute Gasteiger partial charge is 0.132 e. The van der Waals surface area contributed by atoms with Crippen molar-refractivity contribution in [2.24, 2.45) is 7.05 Å². The summed E-state index contributed by atoms with van der Waals surface area (Å²) in [6, 6.07) is 10.2. The van der Waals surface area contributed by atoms with Crippen molar-refractivity contribution < 1.29 is 0 Å². The lowest BCUT2D eigenvalue weighted by atomic mass is 10.2. The molecule has 5 heteroatoms. The summed E-state index contributed by atoms with van der Waals surface area (Å²) in [6.07, 6.45) is 1.80. The fourth-order valence-corrected chi connectivity index (χ4v) is 2.45. The number of benzene rings is 1. The molecule has 0 saturated heterocycles. The quantitative estimate of drug-likeness (QED) is 0.716. The van der Waals surface area contributed by atoms with Crippen molar-refractivity contribution in [2.45, 2.75) is 6.92 Å². The van der Waals surface area contributed by atoms with Crippen molar-refractivity contribution >= 4 is 38.5 Å². The Bertz CT molecular complexity index is 761. The van der Waals surface area contributed by atoms with E-state index >= 15 is 0 Å². The van der Waals surface area contributed by atoms with E-state index in [1.54, 1.807) is 6.20 Å². The third kappa shape index (κ3) is 2.18. The van der Waals surface area contributed by atoms with Gasteiger partial charge in [0, 0.05) is 30.5 Å². The molecule has 1 aromatic carbocycles. The Balaban J connectivity index is 2.03. The Hall–Kier alpha value is -1.88. The predicted octanol–water partition coefficient (Wildman–Crippen LogP) is 3.81. The Labute approximate surface area is 126 Å². The van der Waals surface area contributed by atoms with Crippen LogP contribution in [0.2, 0.25) is 0 Å². The summed E-state index contributed by atoms with van der Waals surface area (Å²) in [6.45, 7) is 2.01. The molecule has 3 rings (SSSR count). The average molecular weight is 331 g/mol. The fourth-order valence-electron chi connectivity index (χ4n) is 2.22. The van der Waals surface area contributed by atoms with Gasteiger partial charge in [0.1, 0.15) is 11.6 Å². The van der Waals surface area contributed by atoms with Crippen LogP contribution < -0.4 is 4.90 Å². The Kier molecular flexibility index (Phi) is 3.22. The van der Waals surface area contributed by atoms with Gasteiger partial charge in [-0.15, -0.1) is 0 Å². The van der Waals surface area contributed by atoms with Crippen LogP contribution in [0.15, 0.2) is 41.0 Å². The molecule has 2 aromatic heterocycles. The van der Waals surface area contributed by atoms with E-state index in [1.807, 2.05) is 33.2 Å². The molecule has 0 saturated carbocycles. The van der Waals surface area contributed by atoms with Crippen LogP contribution in [0.5, 0.6) is 0 Å². The van der Waals surface area contributed by atoms with Gasteiger partial charge >= 0.3 is 0 Å². The van der Waals surface area contributed by atoms with E-state index in [-0.39, 0.29) is 0 Å². The number of rotatable bonds is 2. The molecular weight excluding hydrogens is 316 g/mol. The lowest BCUT2D eigenvalue weighted by Gasteiger charge is -2.18. The summed E-state index contributed by atoms with van der Waals surface area (Å²) >= 11 is 3.40. The maximum Gasteiger partial charge on any atom is 0.132 e. The molecule has 0 aliphatic heterocycles. The van der Waals surface area contributed by atoms with Gasteiger partial charge in [0.25, 0.3) is 0 Å². The van der Waals surface area contributed by atoms with Crippen LogP contribution in [0.4, 0.5) is 11.5 Å². The van der Waals surface area contributed by atoms with E-state index in [9.17, 15) is 0 Å². The molecule has 3 aromatic rings. The highest BCUT2D eigenvalue weighted by Crippen LogP contribution is 2.26. The molecule has 0 bridgehead atoms. The zero-order valence-corrected chi connectivity index (χ0v) is 13.2. The number of aryl methyl sites for hydroxylation is 2. The van der Waals surface area contributed by atoms with Crippen molar-refractivity contribution in [3.8, 4) is 0 Å². The SMILES string of the molecule is Cc1nc2cc(N(C)c3ccc(Br)cn3)ccc2n1C. The molecule has 0 aliphatic rings. The van der Waals surface area contributed by atoms with Crippen LogP contribution in [0.25, 0.3) is 11.0 Å². The number of hydrogen-bond acceptors (Lipinski definition) is 3. The largest absolute Gasteiger partial charge is 0.331 e. The van der Waals surface area contributed by atoms with Gasteiger partial charge in [-0.25, -0.2) is 9.97 Å². The van der Waals surface area contributed by atoms with Gasteiger partial charge in [0.2, 0.25) is 0 Å². The first kappa shape index (κ1) is 13.1. The van der Waals surface area contributed by atoms with Crippen molar-refractivity contribution in [3.63, 3.8) is 0 Å². The number of imidazole rings is 1. The van der Waals surface area contributed by atoms with Crippen LogP contribution in [0.3, 0.4) is 0 Å². The van der Waals surface area contributed by atoms with Crippen LogP contribution >= 0.6 is 15.9 Å². The Morgan fingerprint density at radius 1 is 1.20 bits per heavy atom. The minimum Gasteiger partial charge on any atom is -0.331 e. The number of pyridine rings is 1. The second kappa shape index (κ2) is 4.90. The van der Waals surface area contributed by atoms with E-state index in [0.717, 1.165) is 32.8 Å². The molecule has 0 atom stereocenters. The van der Waals surface area contributed by atoms with Gasteiger partial charge in [0.05, 0.1) is 11.0 Å². The first-order valence-corrected chi connectivity index (χ1v) is 7.14. The monoisotopic (exact) mass is 330 g/mol. The summed E-state index contributed by atoms with van der Waals surface area (Å²) in [5, 5.41) is 0. The number of nitrogens with zero attached hydrogens (tertiary/aromatic N) is 4. The Morgan fingerprint density at radius 3 is 2.70 bits per heavy atom. The average Bonchev–Trinajstić information content (AvgIpc) is 2.74. The minimum absolute atomic E-state index is 0.903. The van der Waals surface area contributed by atoms with Gasteiger partial charge in [-0.2, -0.15) is 0 Å². The second-order valence-electron chi connectivity index (χ2n) is 4.78. The maximum absolute atomic E-state index is 4.57.